The van der Waals surface area contributed by atoms with Gasteiger partial charge >= 0.3 is 6.61 Å². The first-order valence-electron chi connectivity index (χ1n) is 3.56. The zero-order chi connectivity index (χ0) is 9.56. The third-order valence-electron chi connectivity index (χ3n) is 0.903. The zero-order valence-electron chi connectivity index (χ0n) is 7.17. The zero-order valence-corrected chi connectivity index (χ0v) is 7.99. The molecule has 12 heavy (non-hydrogen) atoms. The molecule has 1 aromatic heterocycles. The average molecular weight is 195 g/mol. The molecule has 0 amide bonds. The molecular formula is C7H11F2NOS. The van der Waals surface area contributed by atoms with Crippen LogP contribution in [0.25, 0.3) is 0 Å². The van der Waals surface area contributed by atoms with E-state index in [1.807, 2.05) is 13.8 Å². The van der Waals surface area contributed by atoms with Gasteiger partial charge in [-0.3, -0.25) is 0 Å². The Kier molecular flexibility index (Phi) is 5.53. The van der Waals surface area contributed by atoms with E-state index in [0.29, 0.717) is 5.56 Å². The van der Waals surface area contributed by atoms with E-state index in [2.05, 4.69) is 9.11 Å². The predicted molar refractivity (Wildman–Crippen MR) is 44.8 cm³/mol. The summed E-state index contributed by atoms with van der Waals surface area (Å²) in [5, 5.41) is 1.65. The van der Waals surface area contributed by atoms with Crippen LogP contribution in [-0.4, -0.2) is 11.0 Å². The van der Waals surface area contributed by atoms with Crippen molar-refractivity contribution in [3.05, 3.63) is 10.9 Å². The van der Waals surface area contributed by atoms with Crippen molar-refractivity contribution in [2.45, 2.75) is 27.4 Å². The van der Waals surface area contributed by atoms with E-state index in [9.17, 15) is 8.78 Å². The van der Waals surface area contributed by atoms with Crippen LogP contribution >= 0.6 is 11.5 Å². The van der Waals surface area contributed by atoms with Crippen LogP contribution in [-0.2, 0) is 0 Å². The van der Waals surface area contributed by atoms with Crippen LogP contribution in [0.2, 0.25) is 0 Å². The number of hydrogen-bond donors (Lipinski definition) is 0. The number of aromatic nitrogens is 1. The Morgan fingerprint density at radius 2 is 2.08 bits per heavy atom. The summed E-state index contributed by atoms with van der Waals surface area (Å²) in [5.41, 5.74) is 0.644. The first-order valence-corrected chi connectivity index (χ1v) is 4.39. The summed E-state index contributed by atoms with van der Waals surface area (Å²) in [6, 6.07) is 0. The molecule has 0 radical (unpaired) electrons. The van der Waals surface area contributed by atoms with E-state index >= 15 is 0 Å². The number of halogens is 2. The van der Waals surface area contributed by atoms with E-state index in [1.165, 1.54) is 0 Å². The minimum Gasteiger partial charge on any atom is -0.416 e. The number of hydrogen-bond acceptors (Lipinski definition) is 3. The van der Waals surface area contributed by atoms with Crippen molar-refractivity contribution in [2.24, 2.45) is 0 Å². The fourth-order valence-electron chi connectivity index (χ4n) is 0.475. The second-order valence-electron chi connectivity index (χ2n) is 1.68. The Labute approximate surface area is 74.3 Å². The van der Waals surface area contributed by atoms with E-state index in [1.54, 1.807) is 12.3 Å². The summed E-state index contributed by atoms with van der Waals surface area (Å²) in [7, 11) is 0. The summed E-state index contributed by atoms with van der Waals surface area (Å²) in [5.74, 6) is 0.0278. The molecule has 0 fully saturated rings. The Morgan fingerprint density at radius 1 is 1.50 bits per heavy atom. The summed E-state index contributed by atoms with van der Waals surface area (Å²) in [6.45, 7) is 2.89. The van der Waals surface area contributed by atoms with Crippen molar-refractivity contribution in [3.8, 4) is 5.88 Å². The van der Waals surface area contributed by atoms with Gasteiger partial charge in [0.1, 0.15) is 0 Å². The summed E-state index contributed by atoms with van der Waals surface area (Å²) >= 11 is 1.10. The van der Waals surface area contributed by atoms with E-state index in [-0.39, 0.29) is 5.88 Å². The lowest BCUT2D eigenvalue weighted by Gasteiger charge is -1.99. The minimum absolute atomic E-state index is 0.0278. The molecule has 0 N–H and O–H groups in total. The van der Waals surface area contributed by atoms with Gasteiger partial charge < -0.3 is 4.74 Å². The number of rotatable bonds is 2. The Morgan fingerprint density at radius 3 is 2.42 bits per heavy atom. The maximum absolute atomic E-state index is 11.5. The van der Waals surface area contributed by atoms with Crippen LogP contribution in [0.3, 0.4) is 0 Å². The highest BCUT2D eigenvalue weighted by atomic mass is 32.1. The largest absolute Gasteiger partial charge is 0.416 e. The highest BCUT2D eigenvalue weighted by Crippen LogP contribution is 2.18. The molecule has 1 aromatic rings. The molecule has 0 spiro atoms. The molecule has 0 aliphatic carbocycles. The predicted octanol–water partition coefficient (Wildman–Crippen LogP) is 3.08. The van der Waals surface area contributed by atoms with Gasteiger partial charge in [0.15, 0.2) is 0 Å². The normalized spacial score (nSPS) is 9.17. The number of nitrogens with zero attached hydrogens (tertiary/aromatic N) is 1. The topological polar surface area (TPSA) is 22.1 Å². The smallest absolute Gasteiger partial charge is 0.388 e. The molecule has 0 saturated carbocycles. The van der Waals surface area contributed by atoms with Gasteiger partial charge in [0.05, 0.1) is 0 Å². The molecule has 0 atom stereocenters. The lowest BCUT2D eigenvalue weighted by atomic mass is 10.4. The highest BCUT2D eigenvalue weighted by Gasteiger charge is 2.08. The molecule has 0 aromatic carbocycles. The maximum Gasteiger partial charge on any atom is 0.388 e. The molecule has 0 unspecified atom stereocenters. The van der Waals surface area contributed by atoms with Crippen LogP contribution < -0.4 is 4.74 Å². The number of aryl methyl sites for hydroxylation is 1. The van der Waals surface area contributed by atoms with Crippen LogP contribution in [0.4, 0.5) is 8.78 Å². The molecule has 2 nitrogen and oxygen atoms in total. The molecule has 70 valence electrons. The first-order chi connectivity index (χ1) is 5.70. The Balaban J connectivity index is 0.000000561. The second kappa shape index (κ2) is 5.88. The van der Waals surface area contributed by atoms with Crippen molar-refractivity contribution in [1.82, 2.24) is 4.37 Å². The third kappa shape index (κ3) is 3.61. The van der Waals surface area contributed by atoms with Gasteiger partial charge in [-0.15, -0.1) is 0 Å². The van der Waals surface area contributed by atoms with Gasteiger partial charge in [-0.1, -0.05) is 13.8 Å². The van der Waals surface area contributed by atoms with E-state index in [0.717, 1.165) is 11.5 Å². The summed E-state index contributed by atoms with van der Waals surface area (Å²) < 4.78 is 30.7. The SMILES string of the molecule is CC.Cc1csnc1OC(F)F. The molecule has 1 heterocycles. The molecule has 5 heteroatoms. The Bertz CT molecular complexity index is 215. The molecule has 0 aliphatic rings. The quantitative estimate of drug-likeness (QED) is 0.723. The third-order valence-corrected chi connectivity index (χ3v) is 1.63. The van der Waals surface area contributed by atoms with Gasteiger partial charge in [-0.25, -0.2) is 0 Å². The molecule has 0 bridgehead atoms. The van der Waals surface area contributed by atoms with Gasteiger partial charge in [-0.2, -0.15) is 13.2 Å². The number of ether oxygens (including phenoxy) is 1. The highest BCUT2D eigenvalue weighted by molar-refractivity contribution is 7.03. The lowest BCUT2D eigenvalue weighted by molar-refractivity contribution is -0.0526. The van der Waals surface area contributed by atoms with Gasteiger partial charge in [0.2, 0.25) is 5.88 Å². The monoisotopic (exact) mass is 195 g/mol. The van der Waals surface area contributed by atoms with E-state index in [4.69, 9.17) is 0 Å². The van der Waals surface area contributed by atoms with Crippen molar-refractivity contribution in [1.29, 1.82) is 0 Å². The molecule has 1 rings (SSSR count). The summed E-state index contributed by atoms with van der Waals surface area (Å²) in [6.07, 6.45) is 0. The fraction of sp³-hybridized carbons (Fsp3) is 0.571. The summed E-state index contributed by atoms with van der Waals surface area (Å²) in [4.78, 5) is 0. The lowest BCUT2D eigenvalue weighted by Crippen LogP contribution is -2.02. The van der Waals surface area contributed by atoms with Crippen molar-refractivity contribution >= 4 is 11.5 Å². The van der Waals surface area contributed by atoms with Crippen molar-refractivity contribution in [3.63, 3.8) is 0 Å². The fourth-order valence-corrected chi connectivity index (χ4v) is 1.07. The van der Waals surface area contributed by atoms with Crippen LogP contribution in [0.5, 0.6) is 5.88 Å². The van der Waals surface area contributed by atoms with Crippen LogP contribution in [0, 0.1) is 6.92 Å². The maximum atomic E-state index is 11.5. The van der Waals surface area contributed by atoms with Crippen LogP contribution in [0.15, 0.2) is 5.38 Å². The van der Waals surface area contributed by atoms with Gasteiger partial charge in [0, 0.05) is 10.9 Å². The molecule has 0 saturated heterocycles. The first kappa shape index (κ1) is 11.3. The van der Waals surface area contributed by atoms with Crippen LogP contribution in [0.1, 0.15) is 19.4 Å². The van der Waals surface area contributed by atoms with Crippen molar-refractivity contribution < 1.29 is 13.5 Å². The van der Waals surface area contributed by atoms with E-state index < -0.39 is 6.61 Å². The van der Waals surface area contributed by atoms with Gasteiger partial charge in [-0.05, 0) is 18.5 Å². The van der Waals surface area contributed by atoms with Gasteiger partial charge in [0.25, 0.3) is 0 Å². The molecule has 0 aliphatic heterocycles. The number of alkyl halides is 2. The van der Waals surface area contributed by atoms with Crippen molar-refractivity contribution in [2.75, 3.05) is 0 Å². The Hall–Kier alpha value is -0.710. The second-order valence-corrected chi connectivity index (χ2v) is 2.31. The molecular weight excluding hydrogens is 184 g/mol. The standard InChI is InChI=1S/C5H5F2NOS.C2H6/c1-3-2-10-8-4(3)9-5(6)7;1-2/h2,5H,1H3;1-2H3. The minimum atomic E-state index is -2.78. The average Bonchev–Trinajstić information content (AvgIpc) is 2.40.